The number of nitrogens with two attached hydrogens (primary N) is 1. The first-order valence-electron chi connectivity index (χ1n) is 6.44. The Morgan fingerprint density at radius 3 is 2.70 bits per heavy atom. The van der Waals surface area contributed by atoms with E-state index in [-0.39, 0.29) is 18.2 Å². The number of fused-ring (bicyclic) bond motifs is 1. The molecule has 0 aliphatic carbocycles. The van der Waals surface area contributed by atoms with E-state index in [0.29, 0.717) is 27.1 Å². The SMILES string of the molecule is N/C(=N\OC(=O)c1ccc2c(c1)OCO2)c1ccc(Cl)cc1Cl. The molecular weight excluding hydrogens is 343 g/mol. The van der Waals surface area contributed by atoms with Crippen molar-refractivity contribution in [1.82, 2.24) is 0 Å². The van der Waals surface area contributed by atoms with E-state index in [1.54, 1.807) is 18.2 Å². The van der Waals surface area contributed by atoms with Gasteiger partial charge in [0.15, 0.2) is 17.3 Å². The summed E-state index contributed by atoms with van der Waals surface area (Å²) >= 11 is 11.8. The van der Waals surface area contributed by atoms with Gasteiger partial charge < -0.3 is 20.0 Å². The van der Waals surface area contributed by atoms with Gasteiger partial charge in [-0.3, -0.25) is 0 Å². The lowest BCUT2D eigenvalue weighted by atomic mass is 10.2. The summed E-state index contributed by atoms with van der Waals surface area (Å²) in [7, 11) is 0. The number of ether oxygens (including phenoxy) is 2. The highest BCUT2D eigenvalue weighted by Crippen LogP contribution is 2.32. The summed E-state index contributed by atoms with van der Waals surface area (Å²) in [6.45, 7) is 0.119. The Labute approximate surface area is 141 Å². The van der Waals surface area contributed by atoms with Gasteiger partial charge in [-0.15, -0.1) is 0 Å². The molecule has 0 aromatic heterocycles. The van der Waals surface area contributed by atoms with Gasteiger partial charge in [0.05, 0.1) is 10.6 Å². The van der Waals surface area contributed by atoms with Crippen LogP contribution in [0.3, 0.4) is 0 Å². The number of amidine groups is 1. The molecule has 0 amide bonds. The van der Waals surface area contributed by atoms with Crippen molar-refractivity contribution in [1.29, 1.82) is 0 Å². The number of nitrogens with zero attached hydrogens (tertiary/aromatic N) is 1. The molecule has 0 atom stereocenters. The number of rotatable bonds is 3. The zero-order valence-corrected chi connectivity index (χ0v) is 13.1. The third kappa shape index (κ3) is 3.33. The van der Waals surface area contributed by atoms with Gasteiger partial charge in [0, 0.05) is 10.6 Å². The lowest BCUT2D eigenvalue weighted by Crippen LogP contribution is -2.15. The van der Waals surface area contributed by atoms with Crippen molar-refractivity contribution in [2.24, 2.45) is 10.9 Å². The van der Waals surface area contributed by atoms with Crippen LogP contribution in [0.25, 0.3) is 0 Å². The second-order valence-electron chi connectivity index (χ2n) is 4.55. The van der Waals surface area contributed by atoms with E-state index in [1.807, 2.05) is 0 Å². The fourth-order valence-electron chi connectivity index (χ4n) is 1.91. The zero-order chi connectivity index (χ0) is 16.4. The van der Waals surface area contributed by atoms with Crippen LogP contribution < -0.4 is 15.2 Å². The van der Waals surface area contributed by atoms with Crippen molar-refractivity contribution in [3.8, 4) is 11.5 Å². The van der Waals surface area contributed by atoms with E-state index in [9.17, 15) is 4.79 Å². The Hall–Kier alpha value is -2.44. The standard InChI is InChI=1S/C15H10Cl2N2O4/c16-9-2-3-10(11(17)6-9)14(18)19-23-15(20)8-1-4-12-13(5-8)22-7-21-12/h1-6H,7H2,(H2,18,19). The number of oxime groups is 1. The molecule has 2 aromatic rings. The highest BCUT2D eigenvalue weighted by molar-refractivity contribution is 6.36. The van der Waals surface area contributed by atoms with Crippen LogP contribution in [0.1, 0.15) is 15.9 Å². The second kappa shape index (κ2) is 6.36. The van der Waals surface area contributed by atoms with Crippen LogP contribution in [0.4, 0.5) is 0 Å². The molecule has 0 bridgehead atoms. The minimum atomic E-state index is -0.684. The third-order valence-electron chi connectivity index (χ3n) is 3.04. The molecule has 0 spiro atoms. The molecule has 6 nitrogen and oxygen atoms in total. The highest BCUT2D eigenvalue weighted by Gasteiger charge is 2.17. The van der Waals surface area contributed by atoms with Crippen LogP contribution in [-0.4, -0.2) is 18.6 Å². The van der Waals surface area contributed by atoms with E-state index in [2.05, 4.69) is 5.16 Å². The van der Waals surface area contributed by atoms with E-state index in [4.69, 9.17) is 43.2 Å². The van der Waals surface area contributed by atoms with Crippen molar-refractivity contribution in [3.05, 3.63) is 57.6 Å². The summed E-state index contributed by atoms with van der Waals surface area (Å²) in [5.41, 5.74) is 6.43. The Bertz CT molecular complexity index is 808. The summed E-state index contributed by atoms with van der Waals surface area (Å²) in [5, 5.41) is 4.37. The van der Waals surface area contributed by atoms with Crippen LogP contribution >= 0.6 is 23.2 Å². The van der Waals surface area contributed by atoms with Gasteiger partial charge in [0.2, 0.25) is 6.79 Å². The molecule has 2 aromatic carbocycles. The van der Waals surface area contributed by atoms with Crippen LogP contribution in [-0.2, 0) is 4.84 Å². The predicted octanol–water partition coefficient (Wildman–Crippen LogP) is 3.20. The monoisotopic (exact) mass is 352 g/mol. The molecule has 1 aliphatic rings. The molecule has 0 fully saturated rings. The first kappa shape index (κ1) is 15.5. The lowest BCUT2D eigenvalue weighted by Gasteiger charge is -2.04. The number of benzene rings is 2. The highest BCUT2D eigenvalue weighted by atomic mass is 35.5. The van der Waals surface area contributed by atoms with Gasteiger partial charge in [-0.05, 0) is 36.4 Å². The number of hydrogen-bond donors (Lipinski definition) is 1. The van der Waals surface area contributed by atoms with Crippen molar-refractivity contribution >= 4 is 35.0 Å². The minimum Gasteiger partial charge on any atom is -0.454 e. The van der Waals surface area contributed by atoms with Crippen LogP contribution in [0, 0.1) is 0 Å². The first-order chi connectivity index (χ1) is 11.0. The summed E-state index contributed by atoms with van der Waals surface area (Å²) < 4.78 is 10.4. The van der Waals surface area contributed by atoms with Crippen LogP contribution in [0.2, 0.25) is 10.0 Å². The van der Waals surface area contributed by atoms with Gasteiger partial charge in [0.25, 0.3) is 0 Å². The largest absolute Gasteiger partial charge is 0.454 e. The number of carbonyl (C=O) groups is 1. The molecule has 3 rings (SSSR count). The van der Waals surface area contributed by atoms with Gasteiger partial charge >= 0.3 is 5.97 Å². The van der Waals surface area contributed by atoms with Crippen LogP contribution in [0.15, 0.2) is 41.6 Å². The smallest absolute Gasteiger partial charge is 0.365 e. The summed E-state index contributed by atoms with van der Waals surface area (Å²) in [4.78, 5) is 16.8. The van der Waals surface area contributed by atoms with E-state index in [0.717, 1.165) is 0 Å². The number of hydrogen-bond acceptors (Lipinski definition) is 5. The molecule has 118 valence electrons. The average Bonchev–Trinajstić information content (AvgIpc) is 2.99. The quantitative estimate of drug-likeness (QED) is 0.397. The number of halogens is 2. The normalized spacial score (nSPS) is 13.0. The molecule has 23 heavy (non-hydrogen) atoms. The Morgan fingerprint density at radius 2 is 1.91 bits per heavy atom. The molecule has 2 N–H and O–H groups in total. The summed E-state index contributed by atoms with van der Waals surface area (Å²) in [6.07, 6.45) is 0. The van der Waals surface area contributed by atoms with E-state index in [1.165, 1.54) is 18.2 Å². The minimum absolute atomic E-state index is 0.0410. The number of carbonyl (C=O) groups excluding carboxylic acids is 1. The Balaban J connectivity index is 1.75. The molecule has 1 heterocycles. The van der Waals surface area contributed by atoms with E-state index < -0.39 is 5.97 Å². The van der Waals surface area contributed by atoms with Gasteiger partial charge in [0.1, 0.15) is 0 Å². The van der Waals surface area contributed by atoms with Crippen molar-refractivity contribution < 1.29 is 19.1 Å². The predicted molar refractivity (Wildman–Crippen MR) is 85.2 cm³/mol. The molecule has 0 radical (unpaired) electrons. The van der Waals surface area contributed by atoms with Gasteiger partial charge in [-0.25, -0.2) is 4.79 Å². The average molecular weight is 353 g/mol. The molecule has 8 heteroatoms. The molecule has 0 saturated heterocycles. The molecule has 0 saturated carbocycles. The fourth-order valence-corrected chi connectivity index (χ4v) is 2.42. The van der Waals surface area contributed by atoms with E-state index >= 15 is 0 Å². The van der Waals surface area contributed by atoms with Gasteiger partial charge in [-0.1, -0.05) is 28.4 Å². The molecule has 1 aliphatic heterocycles. The fraction of sp³-hybridized carbons (Fsp3) is 0.0667. The maximum atomic E-state index is 12.0. The van der Waals surface area contributed by atoms with Crippen LogP contribution in [0.5, 0.6) is 11.5 Å². The third-order valence-corrected chi connectivity index (χ3v) is 3.59. The second-order valence-corrected chi connectivity index (χ2v) is 5.39. The maximum absolute atomic E-state index is 12.0. The Morgan fingerprint density at radius 1 is 1.13 bits per heavy atom. The van der Waals surface area contributed by atoms with Crippen molar-refractivity contribution in [2.75, 3.05) is 6.79 Å². The van der Waals surface area contributed by atoms with Crippen molar-refractivity contribution in [2.45, 2.75) is 0 Å². The topological polar surface area (TPSA) is 83.1 Å². The van der Waals surface area contributed by atoms with Gasteiger partial charge in [-0.2, -0.15) is 0 Å². The zero-order valence-electron chi connectivity index (χ0n) is 11.6. The molecular formula is C15H10Cl2N2O4. The summed E-state index contributed by atoms with van der Waals surface area (Å²) in [5.74, 6) is 0.312. The lowest BCUT2D eigenvalue weighted by molar-refractivity contribution is 0.0515. The van der Waals surface area contributed by atoms with Crippen molar-refractivity contribution in [3.63, 3.8) is 0 Å². The maximum Gasteiger partial charge on any atom is 0.365 e. The molecule has 0 unspecified atom stereocenters. The summed E-state index contributed by atoms with van der Waals surface area (Å²) in [6, 6.07) is 9.35. The Kier molecular flexibility index (Phi) is 4.27. The first-order valence-corrected chi connectivity index (χ1v) is 7.20.